The molecule has 0 amide bonds. The van der Waals surface area contributed by atoms with E-state index in [1.165, 1.54) is 5.39 Å². The van der Waals surface area contributed by atoms with Crippen LogP contribution in [0, 0.1) is 19.1 Å². The van der Waals surface area contributed by atoms with Crippen molar-refractivity contribution in [1.29, 1.82) is 0 Å². The molecule has 8 aromatic rings. The smallest absolute Gasteiger partial charge is 0.270 e. The van der Waals surface area contributed by atoms with E-state index < -0.39 is 0 Å². The Morgan fingerprint density at radius 3 is 1.74 bits per heavy atom. The number of hydrogen-bond donors (Lipinski definition) is 0. The van der Waals surface area contributed by atoms with Crippen LogP contribution in [0.1, 0.15) is 11.1 Å². The third kappa shape index (κ3) is 4.87. The number of benzene rings is 6. The number of para-hydroxylation sites is 2. The normalized spacial score (nSPS) is 11.1. The predicted molar refractivity (Wildman–Crippen MR) is 171 cm³/mol. The van der Waals surface area contributed by atoms with Crippen molar-refractivity contribution in [3.63, 3.8) is 0 Å². The van der Waals surface area contributed by atoms with Crippen LogP contribution >= 0.6 is 0 Å². The molecule has 206 valence electrons. The summed E-state index contributed by atoms with van der Waals surface area (Å²) in [4.78, 5) is 10.0. The van der Waals surface area contributed by atoms with E-state index in [2.05, 4.69) is 38.5 Å². The number of hydrogen-bond acceptors (Lipinski definition) is 6. The molecule has 0 N–H and O–H groups in total. The fourth-order valence-corrected chi connectivity index (χ4v) is 5.38. The number of aryl methyl sites for hydroxylation is 2. The third-order valence-corrected chi connectivity index (χ3v) is 7.57. The first kappa shape index (κ1) is 26.1. The van der Waals surface area contributed by atoms with Crippen LogP contribution in [0.25, 0.3) is 66.4 Å². The van der Waals surface area contributed by atoms with Gasteiger partial charge in [0.05, 0.1) is 5.52 Å². The summed E-state index contributed by atoms with van der Waals surface area (Å²) in [6.45, 7) is 3.99. The molecule has 6 aromatic carbocycles. The Kier molecular flexibility index (Phi) is 6.60. The van der Waals surface area contributed by atoms with Crippen LogP contribution in [-0.4, -0.2) is 25.3 Å². The molecule has 0 radical (unpaired) electrons. The molecule has 0 saturated carbocycles. The van der Waals surface area contributed by atoms with Crippen molar-refractivity contribution in [3.05, 3.63) is 138 Å². The Bertz CT molecular complexity index is 2290. The first-order valence-electron chi connectivity index (χ1n) is 14.0. The van der Waals surface area contributed by atoms with Gasteiger partial charge in [-0.3, -0.25) is 0 Å². The Hall–Kier alpha value is -5.82. The summed E-state index contributed by atoms with van der Waals surface area (Å²) in [5.74, 6) is 1.13. The summed E-state index contributed by atoms with van der Waals surface area (Å²) in [5.41, 5.74) is 6.89. The lowest BCUT2D eigenvalue weighted by Gasteiger charge is -2.07. The van der Waals surface area contributed by atoms with E-state index in [4.69, 9.17) is 4.98 Å². The van der Waals surface area contributed by atoms with E-state index in [1.807, 2.05) is 111 Å². The van der Waals surface area contributed by atoms with E-state index >= 15 is 0 Å². The zero-order valence-electron chi connectivity index (χ0n) is 23.6. The average Bonchev–Trinajstić information content (AvgIpc) is 3.05. The van der Waals surface area contributed by atoms with Crippen molar-refractivity contribution in [2.75, 3.05) is 0 Å². The van der Waals surface area contributed by atoms with Crippen molar-refractivity contribution in [2.24, 2.45) is 0 Å². The van der Waals surface area contributed by atoms with Gasteiger partial charge in [-0.25, -0.2) is 9.97 Å². The predicted octanol–water partition coefficient (Wildman–Crippen LogP) is 7.55. The van der Waals surface area contributed by atoms with Crippen molar-refractivity contribution >= 4 is 43.6 Å². The van der Waals surface area contributed by atoms with E-state index in [-0.39, 0.29) is 0 Å². The fraction of sp³-hybridized carbons (Fsp3) is 0.0556. The van der Waals surface area contributed by atoms with Gasteiger partial charge >= 0.3 is 0 Å². The maximum atomic E-state index is 12.2. The van der Waals surface area contributed by atoms with Crippen LogP contribution in [-0.2, 0) is 0 Å². The highest BCUT2D eigenvalue weighted by atomic mass is 16.5. The van der Waals surface area contributed by atoms with Crippen LogP contribution in [0.2, 0.25) is 0 Å². The zero-order valence-corrected chi connectivity index (χ0v) is 23.6. The summed E-state index contributed by atoms with van der Waals surface area (Å²) in [6, 6.07) is 39.9. The quantitative estimate of drug-likeness (QED) is 0.161. The second-order valence-electron chi connectivity index (χ2n) is 10.4. The topological polar surface area (TPSA) is 91.4 Å². The highest BCUT2D eigenvalue weighted by molar-refractivity contribution is 5.96. The van der Waals surface area contributed by atoms with Crippen LogP contribution in [0.3, 0.4) is 0 Å². The molecule has 0 spiro atoms. The van der Waals surface area contributed by atoms with Gasteiger partial charge < -0.3 is 5.21 Å². The van der Waals surface area contributed by atoms with Gasteiger partial charge in [0.25, 0.3) is 5.52 Å². The molecule has 43 heavy (non-hydrogen) atoms. The van der Waals surface area contributed by atoms with Crippen molar-refractivity contribution in [3.8, 4) is 22.8 Å². The fourth-order valence-electron chi connectivity index (χ4n) is 5.38. The molecular formula is C36H26N6O. The molecule has 2 heterocycles. The number of nitrogens with zero attached hydrogens (tertiary/aromatic N) is 6. The van der Waals surface area contributed by atoms with Crippen LogP contribution in [0.15, 0.2) is 121 Å². The summed E-state index contributed by atoms with van der Waals surface area (Å²) >= 11 is 0. The Balaban J connectivity index is 0.000000140. The minimum absolute atomic E-state index is 0.452. The first-order chi connectivity index (χ1) is 21.1. The molecule has 8 rings (SSSR count). The van der Waals surface area contributed by atoms with Gasteiger partial charge in [0.1, 0.15) is 11.0 Å². The largest absolute Gasteiger partial charge is 0.594 e. The molecule has 0 bridgehead atoms. The number of rotatable bonds is 2. The van der Waals surface area contributed by atoms with E-state index in [0.29, 0.717) is 27.5 Å². The highest BCUT2D eigenvalue weighted by Crippen LogP contribution is 2.28. The van der Waals surface area contributed by atoms with Crippen LogP contribution in [0.5, 0.6) is 0 Å². The van der Waals surface area contributed by atoms with Gasteiger partial charge in [0.2, 0.25) is 5.82 Å². The molecule has 0 atom stereocenters. The number of fused-ring (bicyclic) bond motifs is 4. The first-order valence-corrected chi connectivity index (χ1v) is 14.0. The molecule has 0 aliphatic heterocycles. The van der Waals surface area contributed by atoms with E-state index in [1.54, 1.807) is 6.07 Å². The molecule has 7 nitrogen and oxygen atoms in total. The minimum atomic E-state index is 0.452. The number of aromatic nitrogens is 6. The van der Waals surface area contributed by atoms with E-state index in [9.17, 15) is 5.21 Å². The van der Waals surface area contributed by atoms with E-state index in [0.717, 1.165) is 49.4 Å². The Morgan fingerprint density at radius 2 is 1.05 bits per heavy atom. The second kappa shape index (κ2) is 10.9. The third-order valence-electron chi connectivity index (χ3n) is 7.57. The van der Waals surface area contributed by atoms with Gasteiger partial charge in [-0.2, -0.15) is 0 Å². The van der Waals surface area contributed by atoms with Crippen LogP contribution in [0.4, 0.5) is 0 Å². The standard InChI is InChI=1S/C18H13N3O.C18H13N3/c1-12-6-4-11-16-17(12)19-18(20-21(16)22)15-10-5-8-13-7-2-3-9-14(13)15;1-12-6-4-11-16-17(12)19-18(21-20-16)15-10-5-8-13-7-2-3-9-14(13)15/h2-11H,1H3;2-11H,1H3. The molecule has 0 aliphatic carbocycles. The van der Waals surface area contributed by atoms with Crippen molar-refractivity contribution in [1.82, 2.24) is 25.3 Å². The average molecular weight is 559 g/mol. The Morgan fingerprint density at radius 1 is 0.512 bits per heavy atom. The van der Waals surface area contributed by atoms with Gasteiger partial charge in [-0.15, -0.1) is 10.2 Å². The maximum Gasteiger partial charge on any atom is 0.270 e. The van der Waals surface area contributed by atoms with Crippen molar-refractivity contribution < 1.29 is 4.85 Å². The summed E-state index contributed by atoms with van der Waals surface area (Å²) in [5, 5.41) is 29.4. The highest BCUT2D eigenvalue weighted by Gasteiger charge is 2.15. The van der Waals surface area contributed by atoms with Crippen molar-refractivity contribution in [2.45, 2.75) is 13.8 Å². The van der Waals surface area contributed by atoms with Crippen LogP contribution < -0.4 is 4.85 Å². The minimum Gasteiger partial charge on any atom is -0.594 e. The molecule has 2 aromatic heterocycles. The zero-order chi connectivity index (χ0) is 29.3. The maximum absolute atomic E-state index is 12.2. The SMILES string of the molecule is Cc1cccc2c1nc(-c1cccc3ccccc13)n[n+]2[O-].Cc1cccc2nnc(-c3cccc4ccccc34)nc12. The Labute approximate surface area is 247 Å². The molecule has 0 unspecified atom stereocenters. The molecule has 0 aliphatic rings. The van der Waals surface area contributed by atoms with Gasteiger partial charge in [-0.05, 0) is 57.4 Å². The van der Waals surface area contributed by atoms with Gasteiger partial charge in [0, 0.05) is 22.3 Å². The lowest BCUT2D eigenvalue weighted by Crippen LogP contribution is -2.33. The second-order valence-corrected chi connectivity index (χ2v) is 10.4. The lowest BCUT2D eigenvalue weighted by atomic mass is 10.0. The summed E-state index contributed by atoms with van der Waals surface area (Å²) in [6.07, 6.45) is 0. The van der Waals surface area contributed by atoms with Gasteiger partial charge in [-0.1, -0.05) is 109 Å². The molecule has 0 fully saturated rings. The summed E-state index contributed by atoms with van der Waals surface area (Å²) in [7, 11) is 0. The molecule has 0 saturated heterocycles. The summed E-state index contributed by atoms with van der Waals surface area (Å²) < 4.78 is 0. The lowest BCUT2D eigenvalue weighted by molar-refractivity contribution is -0.642. The van der Waals surface area contributed by atoms with Gasteiger partial charge in [0.15, 0.2) is 5.82 Å². The molecule has 7 heteroatoms. The molecular weight excluding hydrogens is 532 g/mol. The monoisotopic (exact) mass is 558 g/mol.